The third kappa shape index (κ3) is 3.22. The van der Waals surface area contributed by atoms with Crippen LogP contribution in [0.25, 0.3) is 0 Å². The maximum atomic E-state index is 12.5. The molecule has 104 valence electrons. The predicted molar refractivity (Wildman–Crippen MR) is 77.1 cm³/mol. The van der Waals surface area contributed by atoms with Crippen molar-refractivity contribution in [1.29, 1.82) is 0 Å². The lowest BCUT2D eigenvalue weighted by Gasteiger charge is -2.37. The Morgan fingerprint density at radius 1 is 1.63 bits per heavy atom. The second-order valence-corrected chi connectivity index (χ2v) is 5.66. The number of nitrogens with zero attached hydrogens (tertiary/aromatic N) is 1. The van der Waals surface area contributed by atoms with Crippen molar-refractivity contribution < 1.29 is 14.6 Å². The Hall–Kier alpha value is -0.780. The highest BCUT2D eigenvalue weighted by Crippen LogP contribution is 2.25. The number of aromatic hydroxyl groups is 1. The molecule has 0 radical (unpaired) electrons. The van der Waals surface area contributed by atoms with E-state index in [1.54, 1.807) is 11.0 Å². The summed E-state index contributed by atoms with van der Waals surface area (Å²) in [5.41, 5.74) is 0.231. The van der Waals surface area contributed by atoms with Gasteiger partial charge in [-0.3, -0.25) is 4.79 Å². The first-order valence-electron chi connectivity index (χ1n) is 6.00. The van der Waals surface area contributed by atoms with E-state index in [0.717, 1.165) is 0 Å². The minimum absolute atomic E-state index is 0.0264. The number of carbonyl (C=O) groups is 1. The van der Waals surface area contributed by atoms with Crippen LogP contribution < -0.4 is 0 Å². The number of halogens is 2. The summed E-state index contributed by atoms with van der Waals surface area (Å²) in [6, 6.07) is 4.45. The number of carbonyl (C=O) groups excluding carboxylic acids is 1. The molecule has 1 aromatic carbocycles. The van der Waals surface area contributed by atoms with Crippen molar-refractivity contribution in [2.45, 2.75) is 19.1 Å². The number of alkyl halides is 1. The Balaban J connectivity index is 2.24. The van der Waals surface area contributed by atoms with Crippen molar-refractivity contribution in [2.24, 2.45) is 0 Å². The van der Waals surface area contributed by atoms with E-state index in [0.29, 0.717) is 23.5 Å². The van der Waals surface area contributed by atoms with Crippen LogP contribution >= 0.6 is 27.5 Å². The van der Waals surface area contributed by atoms with Crippen LogP contribution in [-0.2, 0) is 4.74 Å². The molecule has 1 N–H and O–H groups in total. The summed E-state index contributed by atoms with van der Waals surface area (Å²) in [6.45, 7) is 2.91. The number of phenols is 1. The Bertz CT molecular complexity index is 483. The molecule has 1 aliphatic heterocycles. The fourth-order valence-corrected chi connectivity index (χ4v) is 2.59. The molecule has 1 aromatic rings. The highest BCUT2D eigenvalue weighted by Gasteiger charge is 2.30. The van der Waals surface area contributed by atoms with E-state index >= 15 is 0 Å². The molecule has 19 heavy (non-hydrogen) atoms. The lowest BCUT2D eigenvalue weighted by molar-refractivity contribution is -0.0362. The molecule has 2 unspecified atom stereocenters. The average Bonchev–Trinajstić information content (AvgIpc) is 2.41. The Kier molecular flexibility index (Phi) is 4.71. The SMILES string of the molecule is CC1COC(CBr)CN1C(=O)c1cc(Cl)ccc1O. The molecule has 1 amide bonds. The van der Waals surface area contributed by atoms with E-state index in [2.05, 4.69) is 15.9 Å². The molecule has 0 spiro atoms. The second kappa shape index (κ2) is 6.11. The molecule has 1 heterocycles. The molecule has 2 atom stereocenters. The lowest BCUT2D eigenvalue weighted by atomic mass is 10.1. The van der Waals surface area contributed by atoms with Gasteiger partial charge in [-0.25, -0.2) is 0 Å². The van der Waals surface area contributed by atoms with Crippen LogP contribution in [0.15, 0.2) is 18.2 Å². The van der Waals surface area contributed by atoms with Crippen LogP contribution in [0.4, 0.5) is 0 Å². The van der Waals surface area contributed by atoms with Gasteiger partial charge in [-0.1, -0.05) is 27.5 Å². The maximum absolute atomic E-state index is 12.5. The molecular formula is C13H15BrClNO3. The predicted octanol–water partition coefficient (Wildman–Crippen LogP) is 2.67. The third-order valence-corrected chi connectivity index (χ3v) is 4.08. The van der Waals surface area contributed by atoms with E-state index in [9.17, 15) is 9.90 Å². The number of rotatable bonds is 2. The van der Waals surface area contributed by atoms with Crippen LogP contribution in [0.2, 0.25) is 5.02 Å². The standard InChI is InChI=1S/C13H15BrClNO3/c1-8-7-19-10(5-14)6-16(8)13(18)11-4-9(15)2-3-12(11)17/h2-4,8,10,17H,5-7H2,1H3. The van der Waals surface area contributed by atoms with Crippen molar-refractivity contribution in [2.75, 3.05) is 18.5 Å². The zero-order valence-electron chi connectivity index (χ0n) is 10.5. The van der Waals surface area contributed by atoms with Gasteiger partial charge < -0.3 is 14.7 Å². The number of phenolic OH excluding ortho intramolecular Hbond substituents is 1. The highest BCUT2D eigenvalue weighted by molar-refractivity contribution is 9.09. The van der Waals surface area contributed by atoms with Crippen LogP contribution in [-0.4, -0.2) is 46.5 Å². The lowest BCUT2D eigenvalue weighted by Crippen LogP contribution is -2.51. The topological polar surface area (TPSA) is 49.8 Å². The first-order chi connectivity index (χ1) is 9.02. The van der Waals surface area contributed by atoms with Crippen LogP contribution in [0.3, 0.4) is 0 Å². The first kappa shape index (κ1) is 14.6. The van der Waals surface area contributed by atoms with Gasteiger partial charge in [0.05, 0.1) is 24.3 Å². The zero-order chi connectivity index (χ0) is 14.0. The number of amides is 1. The smallest absolute Gasteiger partial charge is 0.258 e. The molecule has 6 heteroatoms. The Morgan fingerprint density at radius 2 is 2.37 bits per heavy atom. The van der Waals surface area contributed by atoms with Crippen molar-refractivity contribution in [3.63, 3.8) is 0 Å². The minimum Gasteiger partial charge on any atom is -0.507 e. The van der Waals surface area contributed by atoms with Gasteiger partial charge in [0, 0.05) is 16.9 Å². The number of morpholine rings is 1. The molecule has 1 fully saturated rings. The van der Waals surface area contributed by atoms with E-state index in [1.165, 1.54) is 12.1 Å². The van der Waals surface area contributed by atoms with Gasteiger partial charge in [0.15, 0.2) is 0 Å². The summed E-state index contributed by atoms with van der Waals surface area (Å²) in [5, 5.41) is 10.9. The molecule has 4 nitrogen and oxygen atoms in total. The first-order valence-corrected chi connectivity index (χ1v) is 7.50. The van der Waals surface area contributed by atoms with Gasteiger partial charge in [0.2, 0.25) is 0 Å². The number of ether oxygens (including phenoxy) is 1. The van der Waals surface area contributed by atoms with Crippen LogP contribution in [0.5, 0.6) is 5.75 Å². The van der Waals surface area contributed by atoms with Gasteiger partial charge in [-0.05, 0) is 25.1 Å². The molecule has 0 bridgehead atoms. The Morgan fingerprint density at radius 3 is 3.05 bits per heavy atom. The summed E-state index contributed by atoms with van der Waals surface area (Å²) in [5.74, 6) is -0.273. The van der Waals surface area contributed by atoms with E-state index in [-0.39, 0.29) is 29.4 Å². The molecule has 0 aromatic heterocycles. The summed E-state index contributed by atoms with van der Waals surface area (Å²) < 4.78 is 5.58. The van der Waals surface area contributed by atoms with Crippen LogP contribution in [0.1, 0.15) is 17.3 Å². The maximum Gasteiger partial charge on any atom is 0.258 e. The average molecular weight is 349 g/mol. The quantitative estimate of drug-likeness (QED) is 0.836. The number of hydrogen-bond donors (Lipinski definition) is 1. The third-order valence-electron chi connectivity index (χ3n) is 3.13. The summed E-state index contributed by atoms with van der Waals surface area (Å²) in [4.78, 5) is 14.2. The van der Waals surface area contributed by atoms with Crippen LogP contribution in [0, 0.1) is 0 Å². The van der Waals surface area contributed by atoms with Gasteiger partial charge in [-0.15, -0.1) is 0 Å². The number of hydrogen-bond acceptors (Lipinski definition) is 3. The van der Waals surface area contributed by atoms with Gasteiger partial charge in [0.1, 0.15) is 5.75 Å². The van der Waals surface area contributed by atoms with Crippen molar-refractivity contribution in [3.8, 4) is 5.75 Å². The van der Waals surface area contributed by atoms with Gasteiger partial charge >= 0.3 is 0 Å². The van der Waals surface area contributed by atoms with E-state index in [4.69, 9.17) is 16.3 Å². The molecule has 2 rings (SSSR count). The normalized spacial score (nSPS) is 23.4. The van der Waals surface area contributed by atoms with Crippen molar-refractivity contribution in [1.82, 2.24) is 4.90 Å². The molecule has 0 saturated carbocycles. The zero-order valence-corrected chi connectivity index (χ0v) is 12.8. The fraction of sp³-hybridized carbons (Fsp3) is 0.462. The van der Waals surface area contributed by atoms with Crippen molar-refractivity contribution >= 4 is 33.4 Å². The molecule has 1 saturated heterocycles. The van der Waals surface area contributed by atoms with Gasteiger partial charge in [0.25, 0.3) is 5.91 Å². The molecular weight excluding hydrogens is 334 g/mol. The highest BCUT2D eigenvalue weighted by atomic mass is 79.9. The summed E-state index contributed by atoms with van der Waals surface area (Å²) >= 11 is 9.23. The monoisotopic (exact) mass is 347 g/mol. The number of benzene rings is 1. The Labute approximate surface area is 125 Å². The van der Waals surface area contributed by atoms with E-state index < -0.39 is 0 Å². The summed E-state index contributed by atoms with van der Waals surface area (Å²) in [6.07, 6.45) is -0.0264. The van der Waals surface area contributed by atoms with E-state index in [1.807, 2.05) is 6.92 Å². The summed E-state index contributed by atoms with van der Waals surface area (Å²) in [7, 11) is 0. The largest absolute Gasteiger partial charge is 0.507 e. The minimum atomic E-state index is -0.221. The van der Waals surface area contributed by atoms with Gasteiger partial charge in [-0.2, -0.15) is 0 Å². The fourth-order valence-electron chi connectivity index (χ4n) is 2.03. The molecule has 1 aliphatic rings. The molecule has 0 aliphatic carbocycles. The van der Waals surface area contributed by atoms with Crippen molar-refractivity contribution in [3.05, 3.63) is 28.8 Å². The second-order valence-electron chi connectivity index (χ2n) is 4.58.